The predicted octanol–water partition coefficient (Wildman–Crippen LogP) is 1.41. The summed E-state index contributed by atoms with van der Waals surface area (Å²) in [6.07, 6.45) is 3.52. The first-order valence-corrected chi connectivity index (χ1v) is 4.20. The lowest BCUT2D eigenvalue weighted by atomic mass is 10.4. The first-order valence-electron chi connectivity index (χ1n) is 3.22. The third kappa shape index (κ3) is 1.35. The molecule has 4 heteroatoms. The molecular weight excluding hydrogens is 158 g/mol. The van der Waals surface area contributed by atoms with Crippen molar-refractivity contribution in [1.29, 1.82) is 0 Å². The SMILES string of the molecule is [C]1=NN(c2ccncc2)CS1. The number of thioether (sulfide) groups is 1. The number of hydrogen-bond donors (Lipinski definition) is 0. The van der Waals surface area contributed by atoms with Crippen LogP contribution < -0.4 is 5.01 Å². The van der Waals surface area contributed by atoms with Gasteiger partial charge in [0.25, 0.3) is 0 Å². The van der Waals surface area contributed by atoms with Crippen molar-refractivity contribution in [1.82, 2.24) is 4.98 Å². The van der Waals surface area contributed by atoms with E-state index in [1.807, 2.05) is 17.1 Å². The van der Waals surface area contributed by atoms with Crippen LogP contribution in [0.3, 0.4) is 0 Å². The van der Waals surface area contributed by atoms with Crippen LogP contribution in [0, 0.1) is 0 Å². The van der Waals surface area contributed by atoms with Crippen LogP contribution in [0.4, 0.5) is 5.69 Å². The summed E-state index contributed by atoms with van der Waals surface area (Å²) in [4.78, 5) is 3.92. The number of rotatable bonds is 1. The van der Waals surface area contributed by atoms with Gasteiger partial charge in [0.1, 0.15) is 0 Å². The van der Waals surface area contributed by atoms with E-state index in [-0.39, 0.29) is 0 Å². The average molecular weight is 164 g/mol. The van der Waals surface area contributed by atoms with E-state index < -0.39 is 0 Å². The monoisotopic (exact) mass is 164 g/mol. The molecular formula is C7H6N3S. The summed E-state index contributed by atoms with van der Waals surface area (Å²) in [7, 11) is 0. The molecule has 11 heavy (non-hydrogen) atoms. The summed E-state index contributed by atoms with van der Waals surface area (Å²) in [6.45, 7) is 0. The molecule has 0 spiro atoms. The van der Waals surface area contributed by atoms with E-state index in [1.54, 1.807) is 24.2 Å². The van der Waals surface area contributed by atoms with Gasteiger partial charge < -0.3 is 0 Å². The van der Waals surface area contributed by atoms with Crippen molar-refractivity contribution in [2.45, 2.75) is 0 Å². The van der Waals surface area contributed by atoms with Gasteiger partial charge in [-0.05, 0) is 12.1 Å². The Morgan fingerprint density at radius 3 is 2.91 bits per heavy atom. The highest BCUT2D eigenvalue weighted by molar-refractivity contribution is 8.12. The van der Waals surface area contributed by atoms with Crippen LogP contribution in [-0.2, 0) is 0 Å². The predicted molar refractivity (Wildman–Crippen MR) is 46.6 cm³/mol. The Morgan fingerprint density at radius 2 is 2.27 bits per heavy atom. The molecule has 1 aliphatic heterocycles. The molecule has 0 unspecified atom stereocenters. The topological polar surface area (TPSA) is 28.5 Å². The van der Waals surface area contributed by atoms with Crippen LogP contribution in [0.1, 0.15) is 0 Å². The van der Waals surface area contributed by atoms with Crippen LogP contribution in [-0.4, -0.2) is 16.4 Å². The van der Waals surface area contributed by atoms with E-state index in [9.17, 15) is 0 Å². The Morgan fingerprint density at radius 1 is 1.45 bits per heavy atom. The minimum absolute atomic E-state index is 0.851. The summed E-state index contributed by atoms with van der Waals surface area (Å²) in [5.74, 6) is 0.851. The molecule has 2 rings (SSSR count). The van der Waals surface area contributed by atoms with E-state index in [0.29, 0.717) is 0 Å². The fourth-order valence-corrected chi connectivity index (χ4v) is 1.39. The van der Waals surface area contributed by atoms with Gasteiger partial charge in [-0.1, -0.05) is 11.8 Å². The second-order valence-electron chi connectivity index (χ2n) is 2.07. The molecule has 55 valence electrons. The molecule has 0 bridgehead atoms. The molecule has 0 saturated carbocycles. The summed E-state index contributed by atoms with van der Waals surface area (Å²) in [6, 6.07) is 3.86. The zero-order chi connectivity index (χ0) is 7.52. The number of hydrogen-bond acceptors (Lipinski definition) is 4. The van der Waals surface area contributed by atoms with Crippen LogP contribution in [0.2, 0.25) is 0 Å². The van der Waals surface area contributed by atoms with E-state index in [4.69, 9.17) is 0 Å². The maximum absolute atomic E-state index is 4.02. The number of anilines is 1. The van der Waals surface area contributed by atoms with E-state index in [2.05, 4.69) is 15.6 Å². The van der Waals surface area contributed by atoms with Gasteiger partial charge >= 0.3 is 0 Å². The summed E-state index contributed by atoms with van der Waals surface area (Å²) < 4.78 is 0. The highest BCUT2D eigenvalue weighted by Gasteiger charge is 2.07. The third-order valence-electron chi connectivity index (χ3n) is 1.37. The van der Waals surface area contributed by atoms with E-state index in [0.717, 1.165) is 11.6 Å². The highest BCUT2D eigenvalue weighted by Crippen LogP contribution is 2.19. The van der Waals surface area contributed by atoms with Gasteiger partial charge in [-0.25, -0.2) is 0 Å². The van der Waals surface area contributed by atoms with Gasteiger partial charge in [-0.2, -0.15) is 5.10 Å². The molecule has 0 fully saturated rings. The first kappa shape index (κ1) is 6.67. The van der Waals surface area contributed by atoms with E-state index in [1.165, 1.54) is 0 Å². The zero-order valence-electron chi connectivity index (χ0n) is 5.77. The molecule has 1 aromatic rings. The largest absolute Gasteiger partial charge is 0.265 e. The number of aromatic nitrogens is 1. The Labute approximate surface area is 69.1 Å². The maximum Gasteiger partial charge on any atom is 0.153 e. The lowest BCUT2D eigenvalue weighted by Crippen LogP contribution is -2.09. The molecule has 0 saturated heterocycles. The lowest BCUT2D eigenvalue weighted by Gasteiger charge is -2.10. The van der Waals surface area contributed by atoms with Crippen molar-refractivity contribution < 1.29 is 0 Å². The minimum atomic E-state index is 0.851. The maximum atomic E-state index is 4.02. The molecule has 1 aromatic heterocycles. The normalized spacial score (nSPS) is 15.8. The second-order valence-corrected chi connectivity index (χ2v) is 2.80. The van der Waals surface area contributed by atoms with Gasteiger partial charge in [0.15, 0.2) is 5.55 Å². The zero-order valence-corrected chi connectivity index (χ0v) is 6.58. The van der Waals surface area contributed by atoms with Crippen molar-refractivity contribution in [3.05, 3.63) is 24.5 Å². The van der Waals surface area contributed by atoms with Crippen molar-refractivity contribution in [3.63, 3.8) is 0 Å². The Hall–Kier alpha value is -1.03. The Balaban J connectivity index is 2.23. The molecule has 3 nitrogen and oxygen atoms in total. The van der Waals surface area contributed by atoms with Crippen molar-refractivity contribution >= 4 is 23.0 Å². The van der Waals surface area contributed by atoms with Crippen LogP contribution in [0.5, 0.6) is 0 Å². The Kier molecular flexibility index (Phi) is 1.77. The molecule has 0 aromatic carbocycles. The van der Waals surface area contributed by atoms with E-state index >= 15 is 0 Å². The van der Waals surface area contributed by atoms with Crippen molar-refractivity contribution in [2.75, 3.05) is 10.9 Å². The molecule has 0 atom stereocenters. The van der Waals surface area contributed by atoms with Gasteiger partial charge in [-0.3, -0.25) is 9.99 Å². The van der Waals surface area contributed by atoms with Gasteiger partial charge in [-0.15, -0.1) is 0 Å². The lowest BCUT2D eigenvalue weighted by molar-refractivity contribution is 1.01. The van der Waals surface area contributed by atoms with Crippen molar-refractivity contribution in [2.24, 2.45) is 5.10 Å². The smallest absolute Gasteiger partial charge is 0.153 e. The fraction of sp³-hybridized carbons (Fsp3) is 0.143. The van der Waals surface area contributed by atoms with Crippen LogP contribution in [0.25, 0.3) is 0 Å². The summed E-state index contributed by atoms with van der Waals surface area (Å²) in [5, 5.41) is 5.91. The summed E-state index contributed by atoms with van der Waals surface area (Å²) >= 11 is 1.57. The molecule has 0 N–H and O–H groups in total. The number of pyridine rings is 1. The average Bonchev–Trinajstić information content (AvgIpc) is 2.58. The molecule has 1 radical (unpaired) electrons. The molecule has 2 heterocycles. The highest BCUT2D eigenvalue weighted by atomic mass is 32.2. The number of hydrazone groups is 1. The van der Waals surface area contributed by atoms with Gasteiger partial charge in [0.2, 0.25) is 0 Å². The van der Waals surface area contributed by atoms with Crippen LogP contribution in [0.15, 0.2) is 29.6 Å². The second kappa shape index (κ2) is 2.92. The Bertz CT molecular complexity index is 260. The molecule has 0 aliphatic carbocycles. The summed E-state index contributed by atoms with van der Waals surface area (Å²) in [5.41, 5.74) is 3.89. The van der Waals surface area contributed by atoms with Crippen molar-refractivity contribution in [3.8, 4) is 0 Å². The fourth-order valence-electron chi connectivity index (χ4n) is 0.845. The molecule has 0 amide bonds. The standard InChI is InChI=1S/C7H6N3S/c1-3-8-4-2-7(1)10-6-11-5-9-10/h1-4H,6H2. The minimum Gasteiger partial charge on any atom is -0.265 e. The van der Waals surface area contributed by atoms with Crippen LogP contribution >= 0.6 is 11.8 Å². The molecule has 1 aliphatic rings. The van der Waals surface area contributed by atoms with Gasteiger partial charge in [0.05, 0.1) is 11.6 Å². The van der Waals surface area contributed by atoms with Gasteiger partial charge in [0, 0.05) is 12.4 Å². The third-order valence-corrected chi connectivity index (χ3v) is 1.96. The number of nitrogens with zero attached hydrogens (tertiary/aromatic N) is 3. The first-order chi connectivity index (χ1) is 5.47. The quantitative estimate of drug-likeness (QED) is 0.628.